The van der Waals surface area contributed by atoms with Crippen molar-refractivity contribution in [3.63, 3.8) is 0 Å². The van der Waals surface area contributed by atoms with Crippen molar-refractivity contribution in [3.8, 4) is 6.07 Å². The standard InChI is InChI=1S/C5H8N2O/c6-2-4-1-5(8)3-7-4/h4-5,7-8H,1,3H2/t4-,5-/m1/s1. The summed E-state index contributed by atoms with van der Waals surface area (Å²) >= 11 is 0. The van der Waals surface area contributed by atoms with E-state index < -0.39 is 0 Å². The Hall–Kier alpha value is -0.590. The number of hydrogen-bond acceptors (Lipinski definition) is 3. The lowest BCUT2D eigenvalue weighted by Crippen LogP contribution is -2.19. The topological polar surface area (TPSA) is 56.0 Å². The van der Waals surface area contributed by atoms with Gasteiger partial charge in [-0.2, -0.15) is 5.26 Å². The summed E-state index contributed by atoms with van der Waals surface area (Å²) in [4.78, 5) is 0. The van der Waals surface area contributed by atoms with Gasteiger partial charge in [0, 0.05) is 13.0 Å². The molecule has 2 N–H and O–H groups in total. The molecule has 0 saturated carbocycles. The van der Waals surface area contributed by atoms with E-state index >= 15 is 0 Å². The highest BCUT2D eigenvalue weighted by molar-refractivity contribution is 4.96. The van der Waals surface area contributed by atoms with Crippen LogP contribution in [0.15, 0.2) is 0 Å². The summed E-state index contributed by atoms with van der Waals surface area (Å²) in [7, 11) is 0. The molecule has 1 aliphatic heterocycles. The Morgan fingerprint density at radius 2 is 2.50 bits per heavy atom. The average molecular weight is 112 g/mol. The largest absolute Gasteiger partial charge is 0.392 e. The second kappa shape index (κ2) is 2.12. The van der Waals surface area contributed by atoms with Gasteiger partial charge in [0.2, 0.25) is 0 Å². The molecule has 0 spiro atoms. The number of hydrogen-bond donors (Lipinski definition) is 2. The predicted octanol–water partition coefficient (Wildman–Crippen LogP) is -0.767. The summed E-state index contributed by atoms with van der Waals surface area (Å²) in [6.07, 6.45) is 0.274. The Labute approximate surface area is 47.9 Å². The van der Waals surface area contributed by atoms with Crippen molar-refractivity contribution in [1.29, 1.82) is 5.26 Å². The van der Waals surface area contributed by atoms with Crippen LogP contribution >= 0.6 is 0 Å². The lowest BCUT2D eigenvalue weighted by molar-refractivity contribution is 0.195. The quantitative estimate of drug-likeness (QED) is 0.432. The summed E-state index contributed by atoms with van der Waals surface area (Å²) in [6.45, 7) is 0.568. The minimum absolute atomic E-state index is 0.120. The van der Waals surface area contributed by atoms with Crippen molar-refractivity contribution in [2.75, 3.05) is 6.54 Å². The van der Waals surface area contributed by atoms with E-state index in [4.69, 9.17) is 10.4 Å². The number of β-amino-alcohol motifs (C(OH)–C–C–N with tert-alkyl or cyclic N) is 1. The van der Waals surface area contributed by atoms with Gasteiger partial charge in [-0.05, 0) is 0 Å². The lowest BCUT2D eigenvalue weighted by atomic mass is 10.2. The molecule has 0 aromatic carbocycles. The zero-order valence-electron chi connectivity index (χ0n) is 4.46. The summed E-state index contributed by atoms with van der Waals surface area (Å²) in [5, 5.41) is 19.9. The zero-order chi connectivity index (χ0) is 5.98. The maximum atomic E-state index is 8.82. The Kier molecular flexibility index (Phi) is 1.47. The zero-order valence-corrected chi connectivity index (χ0v) is 4.46. The molecule has 0 amide bonds. The summed E-state index contributed by atoms with van der Waals surface area (Å²) < 4.78 is 0. The van der Waals surface area contributed by atoms with E-state index in [1.165, 1.54) is 0 Å². The molecule has 3 heteroatoms. The van der Waals surface area contributed by atoms with E-state index in [2.05, 4.69) is 5.32 Å². The van der Waals surface area contributed by atoms with Gasteiger partial charge in [0.05, 0.1) is 18.2 Å². The molecular formula is C5H8N2O. The summed E-state index contributed by atoms with van der Waals surface area (Å²) in [5.74, 6) is 0. The molecule has 0 aromatic heterocycles. The second-order valence-electron chi connectivity index (χ2n) is 1.98. The van der Waals surface area contributed by atoms with Crippen LogP contribution in [-0.2, 0) is 0 Å². The van der Waals surface area contributed by atoms with E-state index in [0.29, 0.717) is 13.0 Å². The van der Waals surface area contributed by atoms with Crippen LogP contribution in [0.25, 0.3) is 0 Å². The van der Waals surface area contributed by atoms with Crippen LogP contribution in [0.5, 0.6) is 0 Å². The van der Waals surface area contributed by atoms with Crippen LogP contribution in [0, 0.1) is 11.3 Å². The lowest BCUT2D eigenvalue weighted by Gasteiger charge is -1.92. The SMILES string of the molecule is N#C[C@H]1C[C@@H](O)CN1. The van der Waals surface area contributed by atoms with E-state index in [9.17, 15) is 0 Å². The van der Waals surface area contributed by atoms with Crippen molar-refractivity contribution in [2.45, 2.75) is 18.6 Å². The van der Waals surface area contributed by atoms with Crippen LogP contribution in [0.3, 0.4) is 0 Å². The smallest absolute Gasteiger partial charge is 0.0979 e. The van der Waals surface area contributed by atoms with Gasteiger partial charge in [0.25, 0.3) is 0 Å². The van der Waals surface area contributed by atoms with Crippen LogP contribution in [0.2, 0.25) is 0 Å². The fourth-order valence-electron chi connectivity index (χ4n) is 0.815. The van der Waals surface area contributed by atoms with Gasteiger partial charge >= 0.3 is 0 Å². The first-order valence-corrected chi connectivity index (χ1v) is 2.64. The maximum absolute atomic E-state index is 8.82. The molecule has 1 fully saturated rings. The first kappa shape index (κ1) is 5.54. The van der Waals surface area contributed by atoms with Gasteiger partial charge in [-0.15, -0.1) is 0 Å². The molecule has 0 radical (unpaired) electrons. The summed E-state index contributed by atoms with van der Waals surface area (Å²) in [5.41, 5.74) is 0. The molecule has 0 bridgehead atoms. The van der Waals surface area contributed by atoms with Crippen molar-refractivity contribution in [3.05, 3.63) is 0 Å². The number of nitriles is 1. The van der Waals surface area contributed by atoms with Gasteiger partial charge in [-0.25, -0.2) is 0 Å². The first-order valence-electron chi connectivity index (χ1n) is 2.64. The van der Waals surface area contributed by atoms with Gasteiger partial charge in [0.1, 0.15) is 0 Å². The number of aliphatic hydroxyl groups excluding tert-OH is 1. The fraction of sp³-hybridized carbons (Fsp3) is 0.800. The molecule has 2 atom stereocenters. The van der Waals surface area contributed by atoms with Gasteiger partial charge in [-0.3, -0.25) is 5.32 Å². The van der Waals surface area contributed by atoms with Crippen LogP contribution in [0.1, 0.15) is 6.42 Å². The highest BCUT2D eigenvalue weighted by Gasteiger charge is 2.20. The molecule has 0 unspecified atom stereocenters. The van der Waals surface area contributed by atoms with Crippen LogP contribution < -0.4 is 5.32 Å². The fourth-order valence-corrected chi connectivity index (χ4v) is 0.815. The third-order valence-electron chi connectivity index (χ3n) is 1.26. The van der Waals surface area contributed by atoms with Crippen LogP contribution in [0.4, 0.5) is 0 Å². The molecule has 1 rings (SSSR count). The minimum atomic E-state index is -0.306. The third-order valence-corrected chi connectivity index (χ3v) is 1.26. The van der Waals surface area contributed by atoms with Gasteiger partial charge in [-0.1, -0.05) is 0 Å². The van der Waals surface area contributed by atoms with E-state index in [1.807, 2.05) is 6.07 Å². The average Bonchev–Trinajstić information content (AvgIpc) is 2.14. The normalized spacial score (nSPS) is 37.0. The molecule has 1 aliphatic rings. The number of aliphatic hydroxyl groups is 1. The Morgan fingerprint density at radius 3 is 2.75 bits per heavy atom. The molecule has 8 heavy (non-hydrogen) atoms. The Balaban J connectivity index is 2.35. The second-order valence-corrected chi connectivity index (χ2v) is 1.98. The molecule has 3 nitrogen and oxygen atoms in total. The molecular weight excluding hydrogens is 104 g/mol. The van der Waals surface area contributed by atoms with Crippen molar-refractivity contribution in [2.24, 2.45) is 0 Å². The molecule has 0 aromatic rings. The first-order chi connectivity index (χ1) is 3.83. The Morgan fingerprint density at radius 1 is 1.75 bits per heavy atom. The number of nitrogens with one attached hydrogen (secondary N) is 1. The molecule has 0 aliphatic carbocycles. The van der Waals surface area contributed by atoms with E-state index in [0.717, 1.165) is 0 Å². The van der Waals surface area contributed by atoms with Crippen molar-refractivity contribution >= 4 is 0 Å². The van der Waals surface area contributed by atoms with Crippen LogP contribution in [-0.4, -0.2) is 23.8 Å². The van der Waals surface area contributed by atoms with Gasteiger partial charge in [0.15, 0.2) is 0 Å². The molecule has 44 valence electrons. The monoisotopic (exact) mass is 112 g/mol. The van der Waals surface area contributed by atoms with E-state index in [1.54, 1.807) is 0 Å². The predicted molar refractivity (Wildman–Crippen MR) is 28.0 cm³/mol. The molecule has 1 heterocycles. The van der Waals surface area contributed by atoms with E-state index in [-0.39, 0.29) is 12.1 Å². The Bertz CT molecular complexity index is 118. The highest BCUT2D eigenvalue weighted by atomic mass is 16.3. The number of rotatable bonds is 0. The van der Waals surface area contributed by atoms with Crippen molar-refractivity contribution < 1.29 is 5.11 Å². The highest BCUT2D eigenvalue weighted by Crippen LogP contribution is 2.03. The number of nitrogens with zero attached hydrogens (tertiary/aromatic N) is 1. The summed E-state index contributed by atoms with van der Waals surface area (Å²) in [6, 6.07) is 1.90. The molecule has 1 saturated heterocycles. The maximum Gasteiger partial charge on any atom is 0.0979 e. The third kappa shape index (κ3) is 0.971. The van der Waals surface area contributed by atoms with Crippen molar-refractivity contribution in [1.82, 2.24) is 5.32 Å². The minimum Gasteiger partial charge on any atom is -0.392 e. The van der Waals surface area contributed by atoms with Gasteiger partial charge < -0.3 is 5.11 Å².